The van der Waals surface area contributed by atoms with E-state index in [4.69, 9.17) is 33.2 Å². The van der Waals surface area contributed by atoms with E-state index in [1.807, 2.05) is 0 Å². The number of nitrogens with zero attached hydrogens (tertiary/aromatic N) is 1. The smallest absolute Gasteiger partial charge is 0.410 e. The average molecular weight is 711 g/mol. The number of esters is 1. The fourth-order valence-corrected chi connectivity index (χ4v) is 5.44. The lowest BCUT2D eigenvalue weighted by Gasteiger charge is -2.24. The van der Waals surface area contributed by atoms with E-state index in [9.17, 15) is 19.2 Å². The van der Waals surface area contributed by atoms with Crippen molar-refractivity contribution in [3.63, 3.8) is 0 Å². The molecule has 0 bridgehead atoms. The van der Waals surface area contributed by atoms with Gasteiger partial charge >= 0.3 is 12.1 Å². The number of benzene rings is 3. The molecule has 4 rings (SSSR count). The molecule has 2 amide bonds. The minimum Gasteiger partial charge on any atom is -0.494 e. The molecule has 13 nitrogen and oxygen atoms in total. The summed E-state index contributed by atoms with van der Waals surface area (Å²) in [5, 5.41) is 2.90. The number of carbonyl (C=O) groups is 4. The average Bonchev–Trinajstić information content (AvgIpc) is 3.47. The Morgan fingerprint density at radius 1 is 0.824 bits per heavy atom. The van der Waals surface area contributed by atoms with Gasteiger partial charge in [0.25, 0.3) is 5.91 Å². The van der Waals surface area contributed by atoms with E-state index in [0.29, 0.717) is 11.3 Å². The molecule has 3 aromatic rings. The lowest BCUT2D eigenvalue weighted by Crippen LogP contribution is -2.45. The van der Waals surface area contributed by atoms with Crippen LogP contribution in [0.25, 0.3) is 0 Å². The fraction of sp³-hybridized carbons (Fsp3) is 0.405. The molecule has 274 valence electrons. The monoisotopic (exact) mass is 710 g/mol. The number of ether oxygens (including phenoxy) is 7. The molecule has 1 aliphatic heterocycles. The van der Waals surface area contributed by atoms with Gasteiger partial charge in [0, 0.05) is 31.9 Å². The predicted molar refractivity (Wildman–Crippen MR) is 182 cm³/mol. The molecular weight excluding hydrogens is 667 g/mol. The van der Waals surface area contributed by atoms with Gasteiger partial charge in [0.2, 0.25) is 0 Å². The molecular formula is C37H43FN2O11. The van der Waals surface area contributed by atoms with Crippen LogP contribution in [0.5, 0.6) is 17.2 Å². The van der Waals surface area contributed by atoms with E-state index in [1.54, 1.807) is 46.8 Å². The summed E-state index contributed by atoms with van der Waals surface area (Å²) in [5.41, 5.74) is 0.777. The fourth-order valence-electron chi connectivity index (χ4n) is 5.44. The number of hydrogen-bond acceptors (Lipinski definition) is 11. The normalized spacial score (nSPS) is 15.6. The minimum atomic E-state index is -0.951. The van der Waals surface area contributed by atoms with E-state index < -0.39 is 47.3 Å². The van der Waals surface area contributed by atoms with Gasteiger partial charge in [-0.15, -0.1) is 0 Å². The first-order valence-electron chi connectivity index (χ1n) is 16.0. The van der Waals surface area contributed by atoms with E-state index in [2.05, 4.69) is 5.32 Å². The first kappa shape index (κ1) is 38.6. The third-order valence-corrected chi connectivity index (χ3v) is 7.77. The number of methoxy groups -OCH3 is 3. The lowest BCUT2D eigenvalue weighted by molar-refractivity contribution is 0.0178. The van der Waals surface area contributed by atoms with Crippen molar-refractivity contribution in [1.29, 1.82) is 0 Å². The van der Waals surface area contributed by atoms with Crippen molar-refractivity contribution in [1.82, 2.24) is 10.2 Å². The topological polar surface area (TPSA) is 148 Å². The molecule has 51 heavy (non-hydrogen) atoms. The van der Waals surface area contributed by atoms with E-state index in [1.165, 1.54) is 62.6 Å². The lowest BCUT2D eigenvalue weighted by atomic mass is 10.00. The third kappa shape index (κ3) is 9.52. The Balaban J connectivity index is 1.54. The molecule has 1 fully saturated rings. The zero-order chi connectivity index (χ0) is 37.5. The van der Waals surface area contributed by atoms with E-state index in [-0.39, 0.29) is 54.9 Å². The number of rotatable bonds is 13. The quantitative estimate of drug-likeness (QED) is 0.141. The van der Waals surface area contributed by atoms with Crippen LogP contribution in [0.2, 0.25) is 0 Å². The van der Waals surface area contributed by atoms with Crippen LogP contribution < -0.4 is 19.5 Å². The highest BCUT2D eigenvalue weighted by Crippen LogP contribution is 2.32. The summed E-state index contributed by atoms with van der Waals surface area (Å²) in [6.45, 7) is 8.58. The Labute approximate surface area is 295 Å². The number of carbonyl (C=O) groups excluding carboxylic acids is 4. The summed E-state index contributed by atoms with van der Waals surface area (Å²) in [4.78, 5) is 54.6. The van der Waals surface area contributed by atoms with Gasteiger partial charge in [0.05, 0.1) is 25.3 Å². The van der Waals surface area contributed by atoms with Crippen LogP contribution >= 0.6 is 0 Å². The highest BCUT2D eigenvalue weighted by atomic mass is 19.1. The molecule has 0 saturated carbocycles. The number of amides is 2. The number of likely N-dealkylation sites (tertiary alicyclic amines) is 1. The van der Waals surface area contributed by atoms with Crippen LogP contribution in [-0.4, -0.2) is 94.4 Å². The summed E-state index contributed by atoms with van der Waals surface area (Å²) < 4.78 is 52.5. The first-order chi connectivity index (χ1) is 24.2. The van der Waals surface area contributed by atoms with Crippen LogP contribution in [0.1, 0.15) is 68.5 Å². The highest BCUT2D eigenvalue weighted by Gasteiger charge is 2.41. The summed E-state index contributed by atoms with van der Waals surface area (Å²) in [6, 6.07) is 10.7. The Morgan fingerprint density at radius 3 is 2.00 bits per heavy atom. The SMILES string of the molecule is COCOc1ccc(OC)c(F)c1C(=O)c1ccc(C(=O)OC2CN(C(=O)OC(C)(C)C)CC2NC(=O)c2cc(C)c(OCOC)c(C)c2)cc1. The van der Waals surface area contributed by atoms with Gasteiger partial charge in [-0.25, -0.2) is 14.0 Å². The number of hydrogen-bond donors (Lipinski definition) is 1. The van der Waals surface area contributed by atoms with Crippen molar-refractivity contribution in [3.8, 4) is 17.2 Å². The molecule has 1 saturated heterocycles. The van der Waals surface area contributed by atoms with Crippen LogP contribution in [0.4, 0.5) is 9.18 Å². The molecule has 1 heterocycles. The van der Waals surface area contributed by atoms with Gasteiger partial charge < -0.3 is 43.4 Å². The third-order valence-electron chi connectivity index (χ3n) is 7.77. The first-order valence-corrected chi connectivity index (χ1v) is 16.0. The molecule has 1 aliphatic rings. The molecule has 2 unspecified atom stereocenters. The van der Waals surface area contributed by atoms with E-state index in [0.717, 1.165) is 11.1 Å². The molecule has 0 aliphatic carbocycles. The second kappa shape index (κ2) is 16.7. The number of nitrogens with one attached hydrogen (secondary N) is 1. The van der Waals surface area contributed by atoms with Crippen molar-refractivity contribution >= 4 is 23.8 Å². The van der Waals surface area contributed by atoms with E-state index >= 15 is 4.39 Å². The Hall–Kier alpha value is -5.21. The standard InChI is InChI=1S/C37H43FN2O11/c1-21-15-25(16-22(2)33(21)49-20-46-7)34(42)39-26-17-40(36(44)51-37(3,4)5)18-29(26)50-35(43)24-11-9-23(10-12-24)32(41)30-27(48-19-45-6)13-14-28(47-8)31(30)38/h9-16,26,29H,17-20H2,1-8H3,(H,39,42). The number of halogens is 1. The van der Waals surface area contributed by atoms with Gasteiger partial charge in [-0.05, 0) is 82.1 Å². The molecule has 0 radical (unpaired) electrons. The van der Waals surface area contributed by atoms with Gasteiger partial charge in [-0.1, -0.05) is 12.1 Å². The number of aryl methyl sites for hydroxylation is 2. The summed E-state index contributed by atoms with van der Waals surface area (Å²) in [7, 11) is 4.17. The van der Waals surface area contributed by atoms with Crippen LogP contribution in [0.15, 0.2) is 48.5 Å². The molecule has 3 aromatic carbocycles. The second-order valence-electron chi connectivity index (χ2n) is 12.8. The summed E-state index contributed by atoms with van der Waals surface area (Å²) >= 11 is 0. The minimum absolute atomic E-state index is 0.0125. The Kier molecular flexibility index (Phi) is 12.6. The Bertz CT molecular complexity index is 1730. The number of ketones is 1. The van der Waals surface area contributed by atoms with Crippen molar-refractivity contribution in [3.05, 3.63) is 87.7 Å². The molecule has 2 atom stereocenters. The Morgan fingerprint density at radius 2 is 1.41 bits per heavy atom. The molecule has 14 heteroatoms. The van der Waals surface area contributed by atoms with Crippen molar-refractivity contribution < 1.29 is 56.7 Å². The van der Waals surface area contributed by atoms with Gasteiger partial charge in [0.1, 0.15) is 28.8 Å². The summed E-state index contributed by atoms with van der Waals surface area (Å²) in [6.07, 6.45) is -1.58. The van der Waals surface area contributed by atoms with Crippen LogP contribution in [0, 0.1) is 19.7 Å². The van der Waals surface area contributed by atoms with Gasteiger partial charge in [-0.2, -0.15) is 0 Å². The summed E-state index contributed by atoms with van der Waals surface area (Å²) in [5.74, 6) is -2.45. The maximum absolute atomic E-state index is 15.2. The van der Waals surface area contributed by atoms with Gasteiger partial charge in [0.15, 0.2) is 30.9 Å². The van der Waals surface area contributed by atoms with Crippen molar-refractivity contribution in [2.75, 3.05) is 48.0 Å². The maximum atomic E-state index is 15.2. The largest absolute Gasteiger partial charge is 0.494 e. The van der Waals surface area contributed by atoms with Gasteiger partial charge in [-0.3, -0.25) is 9.59 Å². The predicted octanol–water partition coefficient (Wildman–Crippen LogP) is 5.22. The highest BCUT2D eigenvalue weighted by molar-refractivity contribution is 6.11. The maximum Gasteiger partial charge on any atom is 0.410 e. The molecule has 1 N–H and O–H groups in total. The zero-order valence-electron chi connectivity index (χ0n) is 29.9. The molecule has 0 spiro atoms. The second-order valence-corrected chi connectivity index (χ2v) is 12.8. The zero-order valence-corrected chi connectivity index (χ0v) is 29.9. The molecule has 0 aromatic heterocycles. The van der Waals surface area contributed by atoms with Crippen LogP contribution in [0.3, 0.4) is 0 Å². The van der Waals surface area contributed by atoms with Crippen molar-refractivity contribution in [2.45, 2.75) is 52.4 Å². The van der Waals surface area contributed by atoms with Crippen molar-refractivity contribution in [2.24, 2.45) is 0 Å². The van der Waals surface area contributed by atoms with Crippen LogP contribution in [-0.2, 0) is 18.9 Å².